The van der Waals surface area contributed by atoms with Crippen LogP contribution >= 0.6 is 27.5 Å². The molecule has 2 aromatic rings. The molecule has 0 aliphatic carbocycles. The Bertz CT molecular complexity index is 869. The highest BCUT2D eigenvalue weighted by atomic mass is 79.9. The molecule has 0 amide bonds. The van der Waals surface area contributed by atoms with E-state index in [0.717, 1.165) is 0 Å². The summed E-state index contributed by atoms with van der Waals surface area (Å²) in [5.41, 5.74) is 1.26. The summed E-state index contributed by atoms with van der Waals surface area (Å²) in [4.78, 5) is 18.1. The van der Waals surface area contributed by atoms with Crippen molar-refractivity contribution < 1.29 is 13.9 Å². The van der Waals surface area contributed by atoms with Crippen LogP contribution in [0, 0.1) is 5.82 Å². The van der Waals surface area contributed by atoms with Gasteiger partial charge in [-0.05, 0) is 12.1 Å². The molecule has 0 saturated carbocycles. The second-order valence-electron chi connectivity index (χ2n) is 4.98. The Hall–Kier alpha value is -2.26. The van der Waals surface area contributed by atoms with Gasteiger partial charge in [0, 0.05) is 21.6 Å². The van der Waals surface area contributed by atoms with Gasteiger partial charge in [-0.2, -0.15) is 10.2 Å². The van der Waals surface area contributed by atoms with Crippen LogP contribution in [-0.2, 0) is 9.53 Å². The number of rotatable bonds is 3. The average Bonchev–Trinajstić information content (AvgIpc) is 3.14. The Labute approximate surface area is 155 Å². The van der Waals surface area contributed by atoms with E-state index in [1.165, 1.54) is 42.5 Å². The first-order valence-electron chi connectivity index (χ1n) is 7.09. The zero-order chi connectivity index (χ0) is 18.0. The van der Waals surface area contributed by atoms with E-state index < -0.39 is 17.8 Å². The molecule has 1 aliphatic rings. The van der Waals surface area contributed by atoms with Gasteiger partial charge >= 0.3 is 5.97 Å². The molecule has 130 valence electrons. The first-order valence-corrected chi connectivity index (χ1v) is 8.59. The highest BCUT2D eigenvalue weighted by molar-refractivity contribution is 9.09. The smallest absolute Gasteiger partial charge is 0.338 e. The number of hydrogen-bond donors (Lipinski definition) is 1. The summed E-state index contributed by atoms with van der Waals surface area (Å²) >= 11 is 9.53. The molecular weight excluding hydrogens is 417 g/mol. The SMILES string of the molecule is COC(=O)C1=C(CBr)NC(n2nccn2)=N[C@H]1c1ccc(F)cc1Cl. The van der Waals surface area contributed by atoms with Gasteiger partial charge in [-0.1, -0.05) is 33.6 Å². The number of halogens is 3. The largest absolute Gasteiger partial charge is 0.466 e. The number of benzene rings is 1. The van der Waals surface area contributed by atoms with Gasteiger partial charge in [-0.25, -0.2) is 14.2 Å². The van der Waals surface area contributed by atoms with Gasteiger partial charge in [0.1, 0.15) is 11.9 Å². The van der Waals surface area contributed by atoms with Crippen LogP contribution in [0.5, 0.6) is 0 Å². The Morgan fingerprint density at radius 1 is 1.44 bits per heavy atom. The molecule has 1 atom stereocenters. The minimum absolute atomic E-state index is 0.152. The zero-order valence-corrected chi connectivity index (χ0v) is 15.3. The van der Waals surface area contributed by atoms with Gasteiger partial charge in [0.05, 0.1) is 25.1 Å². The lowest BCUT2D eigenvalue weighted by atomic mass is 9.96. The summed E-state index contributed by atoms with van der Waals surface area (Å²) in [5, 5.41) is 11.5. The molecule has 0 radical (unpaired) electrons. The molecular formula is C15H12BrClFN5O2. The van der Waals surface area contributed by atoms with Crippen LogP contribution in [0.3, 0.4) is 0 Å². The maximum atomic E-state index is 13.4. The van der Waals surface area contributed by atoms with Gasteiger partial charge in [-0.3, -0.25) is 0 Å². The maximum absolute atomic E-state index is 13.4. The van der Waals surface area contributed by atoms with Crippen LogP contribution in [0.25, 0.3) is 0 Å². The second-order valence-corrected chi connectivity index (χ2v) is 5.95. The molecule has 0 bridgehead atoms. The molecule has 1 N–H and O–H groups in total. The predicted octanol–water partition coefficient (Wildman–Crippen LogP) is 2.44. The standard InChI is InChI=1S/C15H12BrClFN5O2/c1-25-14(24)12-11(7-16)21-15(23-19-4-5-20-23)22-13(12)9-3-2-8(18)6-10(9)17/h2-6,13H,7H2,1H3,(H,21,22)/t13-/m0/s1. The number of methoxy groups -OCH3 is 1. The predicted molar refractivity (Wildman–Crippen MR) is 93.0 cm³/mol. The number of carbonyl (C=O) groups excluding carboxylic acids is 1. The monoisotopic (exact) mass is 427 g/mol. The van der Waals surface area contributed by atoms with E-state index >= 15 is 0 Å². The summed E-state index contributed by atoms with van der Waals surface area (Å²) in [6.45, 7) is 0. The first-order chi connectivity index (χ1) is 12.0. The first kappa shape index (κ1) is 17.6. The van der Waals surface area contributed by atoms with Gasteiger partial charge in [-0.15, -0.1) is 4.80 Å². The summed E-state index contributed by atoms with van der Waals surface area (Å²) in [6, 6.07) is 3.12. The number of nitrogens with one attached hydrogen (secondary N) is 1. The van der Waals surface area contributed by atoms with Gasteiger partial charge in [0.2, 0.25) is 5.96 Å². The van der Waals surface area contributed by atoms with Crippen molar-refractivity contribution in [1.29, 1.82) is 0 Å². The number of hydrogen-bond acceptors (Lipinski definition) is 6. The lowest BCUT2D eigenvalue weighted by Gasteiger charge is -2.26. The highest BCUT2D eigenvalue weighted by Gasteiger charge is 2.33. The molecule has 25 heavy (non-hydrogen) atoms. The van der Waals surface area contributed by atoms with E-state index in [0.29, 0.717) is 22.6 Å². The van der Waals surface area contributed by atoms with Gasteiger partial charge in [0.25, 0.3) is 0 Å². The number of aromatic nitrogens is 3. The van der Waals surface area contributed by atoms with Crippen molar-refractivity contribution >= 4 is 39.5 Å². The third-order valence-electron chi connectivity index (χ3n) is 3.52. The van der Waals surface area contributed by atoms with Crippen molar-refractivity contribution in [2.75, 3.05) is 12.4 Å². The van der Waals surface area contributed by atoms with E-state index in [4.69, 9.17) is 16.3 Å². The van der Waals surface area contributed by atoms with Crippen LogP contribution in [0.2, 0.25) is 5.02 Å². The van der Waals surface area contributed by atoms with Crippen molar-refractivity contribution in [3.8, 4) is 0 Å². The summed E-state index contributed by atoms with van der Waals surface area (Å²) < 4.78 is 18.3. The van der Waals surface area contributed by atoms with Crippen LogP contribution in [0.15, 0.2) is 46.9 Å². The fraction of sp³-hybridized carbons (Fsp3) is 0.200. The number of ether oxygens (including phenoxy) is 1. The topological polar surface area (TPSA) is 81.4 Å². The molecule has 1 aliphatic heterocycles. The Balaban J connectivity index is 2.17. The van der Waals surface area contributed by atoms with Gasteiger partial charge in [0.15, 0.2) is 0 Å². The quantitative estimate of drug-likeness (QED) is 0.600. The van der Waals surface area contributed by atoms with Crippen LogP contribution in [0.1, 0.15) is 11.6 Å². The number of alkyl halides is 1. The van der Waals surface area contributed by atoms with Crippen molar-refractivity contribution in [1.82, 2.24) is 20.3 Å². The summed E-state index contributed by atoms with van der Waals surface area (Å²) in [7, 11) is 1.28. The molecule has 7 nitrogen and oxygen atoms in total. The highest BCUT2D eigenvalue weighted by Crippen LogP contribution is 2.36. The third-order valence-corrected chi connectivity index (χ3v) is 4.40. The average molecular weight is 429 g/mol. The maximum Gasteiger partial charge on any atom is 0.338 e. The fourth-order valence-electron chi connectivity index (χ4n) is 2.41. The van der Waals surface area contributed by atoms with E-state index in [1.807, 2.05) is 0 Å². The number of esters is 1. The van der Waals surface area contributed by atoms with Crippen molar-refractivity contribution in [2.45, 2.75) is 6.04 Å². The van der Waals surface area contributed by atoms with Crippen molar-refractivity contribution in [2.24, 2.45) is 4.99 Å². The third kappa shape index (κ3) is 3.42. The zero-order valence-electron chi connectivity index (χ0n) is 12.9. The van der Waals surface area contributed by atoms with Crippen LogP contribution in [-0.4, -0.2) is 39.4 Å². The van der Waals surface area contributed by atoms with Crippen molar-refractivity contribution in [3.05, 3.63) is 58.3 Å². The van der Waals surface area contributed by atoms with Gasteiger partial charge < -0.3 is 10.1 Å². The number of carbonyl (C=O) groups is 1. The lowest BCUT2D eigenvalue weighted by molar-refractivity contribution is -0.136. The van der Waals surface area contributed by atoms with Crippen LogP contribution in [0.4, 0.5) is 4.39 Å². The Kier molecular flexibility index (Phi) is 5.14. The fourth-order valence-corrected chi connectivity index (χ4v) is 3.12. The van der Waals surface area contributed by atoms with E-state index in [-0.39, 0.29) is 10.6 Å². The van der Waals surface area contributed by atoms with E-state index in [2.05, 4.69) is 36.4 Å². The second kappa shape index (κ2) is 7.32. The van der Waals surface area contributed by atoms with Crippen molar-refractivity contribution in [3.63, 3.8) is 0 Å². The Morgan fingerprint density at radius 3 is 2.76 bits per heavy atom. The molecule has 0 saturated heterocycles. The number of allylic oxidation sites excluding steroid dienone is 1. The molecule has 0 fully saturated rings. The summed E-state index contributed by atoms with van der Waals surface area (Å²) in [6.07, 6.45) is 2.99. The minimum Gasteiger partial charge on any atom is -0.466 e. The lowest BCUT2D eigenvalue weighted by Crippen LogP contribution is -2.38. The van der Waals surface area contributed by atoms with Crippen LogP contribution < -0.4 is 5.32 Å². The Morgan fingerprint density at radius 2 is 2.16 bits per heavy atom. The number of nitrogens with zero attached hydrogens (tertiary/aromatic N) is 4. The normalized spacial score (nSPS) is 17.1. The molecule has 1 aromatic heterocycles. The van der Waals surface area contributed by atoms with E-state index in [1.54, 1.807) is 0 Å². The molecule has 10 heteroatoms. The van der Waals surface area contributed by atoms with E-state index in [9.17, 15) is 9.18 Å². The molecule has 0 unspecified atom stereocenters. The molecule has 2 heterocycles. The minimum atomic E-state index is -0.796. The molecule has 1 aromatic carbocycles. The molecule has 3 rings (SSSR count). The summed E-state index contributed by atoms with van der Waals surface area (Å²) in [5.74, 6) is -0.744. The molecule has 0 spiro atoms. The number of aliphatic imine (C=N–C) groups is 1.